The van der Waals surface area contributed by atoms with Crippen LogP contribution < -0.4 is 0 Å². The Balaban J connectivity index is 5.51. The summed E-state index contributed by atoms with van der Waals surface area (Å²) >= 11 is 0. The molecule has 0 aromatic heterocycles. The lowest BCUT2D eigenvalue weighted by atomic mass is 10.2. The quantitative estimate of drug-likeness (QED) is 0.186. The second-order valence-corrected chi connectivity index (χ2v) is 13.3. The van der Waals surface area contributed by atoms with Gasteiger partial charge in [0, 0.05) is 39.3 Å². The van der Waals surface area contributed by atoms with E-state index in [1.165, 1.54) is 0 Å². The molecule has 0 aliphatic carbocycles. The van der Waals surface area contributed by atoms with Crippen LogP contribution in [0, 0.1) is 0 Å². The molecule has 0 unspecified atom stereocenters. The van der Waals surface area contributed by atoms with Crippen molar-refractivity contribution in [2.45, 2.75) is 86.0 Å². The Hall–Kier alpha value is -2.28. The zero-order chi connectivity index (χ0) is 32.0. The lowest BCUT2D eigenvalue weighted by molar-refractivity contribution is -0.158. The first kappa shape index (κ1) is 38.7. The molecular formula is C29H56N4O8. The van der Waals surface area contributed by atoms with E-state index in [2.05, 4.69) is 0 Å². The molecule has 240 valence electrons. The first-order chi connectivity index (χ1) is 18.6. The van der Waals surface area contributed by atoms with Gasteiger partial charge in [-0.05, 0) is 75.9 Å². The summed E-state index contributed by atoms with van der Waals surface area (Å²) in [5.41, 5.74) is -1.84. The number of nitrogens with zero attached hydrogens (tertiary/aromatic N) is 4. The highest BCUT2D eigenvalue weighted by molar-refractivity contribution is 5.73. The van der Waals surface area contributed by atoms with Crippen molar-refractivity contribution in [1.29, 1.82) is 0 Å². The molecule has 0 aliphatic heterocycles. The number of carboxylic acids is 1. The van der Waals surface area contributed by atoms with Crippen LogP contribution in [-0.4, -0.2) is 144 Å². The molecule has 0 aromatic carbocycles. The number of hydrogen-bond donors (Lipinski definition) is 1. The summed E-state index contributed by atoms with van der Waals surface area (Å²) in [5, 5.41) is 9.20. The summed E-state index contributed by atoms with van der Waals surface area (Å²) in [4.78, 5) is 56.2. The standard InChI is InChI=1S/C29H56N4O8/c1-12-31(19-23(34)35)15-16-33(22-26(38)41-29(8,9)10)18-17-32(21-25(37)40-28(5,6)7)14-13-30(11)20-24(36)39-27(2,3)4/h12-22H2,1-11H3,(H,34,35). The number of likely N-dealkylation sites (N-methyl/N-ethyl adjacent to an activating group) is 2. The highest BCUT2D eigenvalue weighted by Gasteiger charge is 2.23. The Morgan fingerprint density at radius 3 is 1.17 bits per heavy atom. The topological polar surface area (TPSA) is 129 Å². The zero-order valence-electron chi connectivity index (χ0n) is 27.4. The van der Waals surface area contributed by atoms with E-state index >= 15 is 0 Å². The minimum Gasteiger partial charge on any atom is -0.480 e. The average molecular weight is 589 g/mol. The van der Waals surface area contributed by atoms with Gasteiger partial charge in [-0.15, -0.1) is 0 Å². The van der Waals surface area contributed by atoms with Crippen molar-refractivity contribution < 1.29 is 38.5 Å². The van der Waals surface area contributed by atoms with E-state index in [0.717, 1.165) is 0 Å². The molecule has 12 nitrogen and oxygen atoms in total. The van der Waals surface area contributed by atoms with Crippen LogP contribution in [-0.2, 0) is 33.4 Å². The maximum Gasteiger partial charge on any atom is 0.320 e. The van der Waals surface area contributed by atoms with Gasteiger partial charge >= 0.3 is 23.9 Å². The second-order valence-electron chi connectivity index (χ2n) is 13.3. The summed E-state index contributed by atoms with van der Waals surface area (Å²) in [6.45, 7) is 21.6. The summed E-state index contributed by atoms with van der Waals surface area (Å²) in [5.74, 6) is -1.99. The SMILES string of the molecule is CCN(CCN(CCN(CCN(C)CC(=O)OC(C)(C)C)CC(=O)OC(C)(C)C)CC(=O)OC(C)(C)C)CC(=O)O. The van der Waals surface area contributed by atoms with Crippen LogP contribution >= 0.6 is 0 Å². The van der Waals surface area contributed by atoms with E-state index in [-0.39, 0.29) is 44.1 Å². The Labute approximate surface area is 247 Å². The summed E-state index contributed by atoms with van der Waals surface area (Å²) in [7, 11) is 1.81. The number of rotatable bonds is 18. The zero-order valence-corrected chi connectivity index (χ0v) is 27.4. The Morgan fingerprint density at radius 1 is 0.537 bits per heavy atom. The van der Waals surface area contributed by atoms with E-state index in [9.17, 15) is 24.3 Å². The third-order valence-corrected chi connectivity index (χ3v) is 5.43. The van der Waals surface area contributed by atoms with Gasteiger partial charge in [0.05, 0.1) is 26.2 Å². The average Bonchev–Trinajstić information content (AvgIpc) is 2.73. The van der Waals surface area contributed by atoms with Crippen molar-refractivity contribution >= 4 is 23.9 Å². The van der Waals surface area contributed by atoms with Crippen LogP contribution in [0.1, 0.15) is 69.2 Å². The van der Waals surface area contributed by atoms with Gasteiger partial charge in [-0.25, -0.2) is 0 Å². The first-order valence-electron chi connectivity index (χ1n) is 14.3. The van der Waals surface area contributed by atoms with Crippen LogP contribution in [0.3, 0.4) is 0 Å². The lowest BCUT2D eigenvalue weighted by Gasteiger charge is -2.31. The molecule has 12 heteroatoms. The van der Waals surface area contributed by atoms with Crippen LogP contribution in [0.25, 0.3) is 0 Å². The third-order valence-electron chi connectivity index (χ3n) is 5.43. The maximum absolute atomic E-state index is 12.7. The molecule has 0 saturated heterocycles. The molecule has 41 heavy (non-hydrogen) atoms. The van der Waals surface area contributed by atoms with Gasteiger partial charge in [0.25, 0.3) is 0 Å². The lowest BCUT2D eigenvalue weighted by Crippen LogP contribution is -2.46. The molecule has 0 spiro atoms. The number of carbonyl (C=O) groups is 4. The van der Waals surface area contributed by atoms with E-state index in [1.54, 1.807) is 25.7 Å². The van der Waals surface area contributed by atoms with Crippen LogP contribution in [0.2, 0.25) is 0 Å². The minimum atomic E-state index is -0.912. The maximum atomic E-state index is 12.7. The fraction of sp³-hybridized carbons (Fsp3) is 0.862. The van der Waals surface area contributed by atoms with Gasteiger partial charge in [-0.1, -0.05) is 6.92 Å². The molecule has 0 rings (SSSR count). The normalized spacial score (nSPS) is 12.8. The van der Waals surface area contributed by atoms with Crippen molar-refractivity contribution in [3.05, 3.63) is 0 Å². The highest BCUT2D eigenvalue weighted by atomic mass is 16.6. The molecule has 0 radical (unpaired) electrons. The largest absolute Gasteiger partial charge is 0.480 e. The van der Waals surface area contributed by atoms with Gasteiger partial charge in [-0.3, -0.25) is 38.8 Å². The van der Waals surface area contributed by atoms with Crippen molar-refractivity contribution in [3.8, 4) is 0 Å². The summed E-state index contributed by atoms with van der Waals surface area (Å²) in [6, 6.07) is 0. The Kier molecular flexibility index (Phi) is 16.6. The number of hydrogen-bond acceptors (Lipinski definition) is 11. The number of carbonyl (C=O) groups excluding carboxylic acids is 3. The van der Waals surface area contributed by atoms with Gasteiger partial charge in [0.2, 0.25) is 0 Å². The minimum absolute atomic E-state index is 0.0285. The molecule has 0 amide bonds. The second kappa shape index (κ2) is 17.6. The summed E-state index contributed by atoms with van der Waals surface area (Å²) < 4.78 is 16.5. The molecule has 0 atom stereocenters. The number of ether oxygens (including phenoxy) is 3. The summed E-state index contributed by atoms with van der Waals surface area (Å²) in [6.07, 6.45) is 0. The smallest absolute Gasteiger partial charge is 0.320 e. The number of esters is 3. The van der Waals surface area contributed by atoms with Crippen LogP contribution in [0.5, 0.6) is 0 Å². The van der Waals surface area contributed by atoms with Gasteiger partial charge in [0.15, 0.2) is 0 Å². The van der Waals surface area contributed by atoms with Gasteiger partial charge in [0.1, 0.15) is 16.8 Å². The Morgan fingerprint density at radius 2 is 0.854 bits per heavy atom. The van der Waals surface area contributed by atoms with Crippen molar-refractivity contribution in [2.24, 2.45) is 0 Å². The Bertz CT molecular complexity index is 830. The molecular weight excluding hydrogens is 532 g/mol. The van der Waals surface area contributed by atoms with Gasteiger partial charge < -0.3 is 19.3 Å². The molecule has 0 heterocycles. The molecule has 0 aromatic rings. The van der Waals surface area contributed by atoms with E-state index < -0.39 is 22.8 Å². The molecule has 1 N–H and O–H groups in total. The fourth-order valence-corrected chi connectivity index (χ4v) is 3.74. The first-order valence-corrected chi connectivity index (χ1v) is 14.3. The van der Waals surface area contributed by atoms with E-state index in [4.69, 9.17) is 14.2 Å². The van der Waals surface area contributed by atoms with Crippen molar-refractivity contribution in [3.63, 3.8) is 0 Å². The molecule has 0 aliphatic rings. The predicted molar refractivity (Wildman–Crippen MR) is 158 cm³/mol. The molecule has 0 bridgehead atoms. The van der Waals surface area contributed by atoms with E-state index in [0.29, 0.717) is 45.8 Å². The van der Waals surface area contributed by atoms with Crippen molar-refractivity contribution in [1.82, 2.24) is 19.6 Å². The number of carboxylic acid groups (broad SMARTS) is 1. The van der Waals surface area contributed by atoms with E-state index in [1.807, 2.05) is 70.2 Å². The fourth-order valence-electron chi connectivity index (χ4n) is 3.74. The third kappa shape index (κ3) is 23.0. The highest BCUT2D eigenvalue weighted by Crippen LogP contribution is 2.10. The van der Waals surface area contributed by atoms with Crippen LogP contribution in [0.4, 0.5) is 0 Å². The van der Waals surface area contributed by atoms with Crippen LogP contribution in [0.15, 0.2) is 0 Å². The monoisotopic (exact) mass is 588 g/mol. The van der Waals surface area contributed by atoms with Gasteiger partial charge in [-0.2, -0.15) is 0 Å². The predicted octanol–water partition coefficient (Wildman–Crippen LogP) is 1.95. The molecule has 0 saturated carbocycles. The molecule has 0 fully saturated rings. The number of aliphatic carboxylic acids is 1. The van der Waals surface area contributed by atoms with Crippen molar-refractivity contribution in [2.75, 3.05) is 79.0 Å².